The highest BCUT2D eigenvalue weighted by Gasteiger charge is 2.16. The zero-order chi connectivity index (χ0) is 14.2. The van der Waals surface area contributed by atoms with Crippen molar-refractivity contribution in [1.82, 2.24) is 10.6 Å². The van der Waals surface area contributed by atoms with Crippen molar-refractivity contribution < 1.29 is 9.53 Å². The minimum Gasteiger partial charge on any atom is -0.496 e. The van der Waals surface area contributed by atoms with Gasteiger partial charge in [-0.15, -0.1) is 0 Å². The second-order valence-electron chi connectivity index (χ2n) is 5.33. The molecule has 0 bridgehead atoms. The number of amides is 1. The molecule has 1 aliphatic heterocycles. The molecule has 0 aliphatic carbocycles. The molecule has 1 aromatic carbocycles. The van der Waals surface area contributed by atoms with E-state index in [1.54, 1.807) is 7.11 Å². The first-order chi connectivity index (χ1) is 9.79. The normalized spacial score (nSPS) is 18.6. The van der Waals surface area contributed by atoms with Crippen molar-refractivity contribution in [2.45, 2.75) is 25.7 Å². The number of ether oxygens (including phenoxy) is 1. The van der Waals surface area contributed by atoms with Crippen molar-refractivity contribution in [2.75, 3.05) is 26.7 Å². The smallest absolute Gasteiger partial charge is 0.220 e. The third-order valence-corrected chi connectivity index (χ3v) is 3.78. The lowest BCUT2D eigenvalue weighted by atomic mass is 9.96. The summed E-state index contributed by atoms with van der Waals surface area (Å²) in [5, 5.41) is 6.35. The number of piperidine rings is 1. The average Bonchev–Trinajstić information content (AvgIpc) is 2.49. The number of hydrogen-bond donors (Lipinski definition) is 2. The summed E-state index contributed by atoms with van der Waals surface area (Å²) in [5.41, 5.74) is 1.13. The summed E-state index contributed by atoms with van der Waals surface area (Å²) in [6, 6.07) is 7.94. The van der Waals surface area contributed by atoms with Gasteiger partial charge in [-0.3, -0.25) is 4.79 Å². The van der Waals surface area contributed by atoms with E-state index in [1.807, 2.05) is 24.3 Å². The predicted molar refractivity (Wildman–Crippen MR) is 79.9 cm³/mol. The molecule has 110 valence electrons. The monoisotopic (exact) mass is 276 g/mol. The van der Waals surface area contributed by atoms with Crippen molar-refractivity contribution in [3.63, 3.8) is 0 Å². The van der Waals surface area contributed by atoms with E-state index in [4.69, 9.17) is 4.74 Å². The Labute approximate surface area is 120 Å². The summed E-state index contributed by atoms with van der Waals surface area (Å²) in [6.45, 7) is 2.73. The third kappa shape index (κ3) is 4.53. The van der Waals surface area contributed by atoms with Crippen LogP contribution in [0, 0.1) is 5.92 Å². The molecule has 2 rings (SSSR count). The fraction of sp³-hybridized carbons (Fsp3) is 0.562. The minimum atomic E-state index is 0.161. The molecule has 20 heavy (non-hydrogen) atoms. The zero-order valence-electron chi connectivity index (χ0n) is 12.2. The maximum Gasteiger partial charge on any atom is 0.220 e. The van der Waals surface area contributed by atoms with Crippen LogP contribution in [0.5, 0.6) is 5.75 Å². The summed E-state index contributed by atoms with van der Waals surface area (Å²) in [5.74, 6) is 1.54. The van der Waals surface area contributed by atoms with Gasteiger partial charge in [-0.05, 0) is 49.9 Å². The van der Waals surface area contributed by atoms with Gasteiger partial charge in [-0.2, -0.15) is 0 Å². The minimum absolute atomic E-state index is 0.161. The second kappa shape index (κ2) is 7.90. The summed E-state index contributed by atoms with van der Waals surface area (Å²) in [7, 11) is 1.67. The Morgan fingerprint density at radius 2 is 2.30 bits per heavy atom. The topological polar surface area (TPSA) is 50.4 Å². The molecule has 2 N–H and O–H groups in total. The lowest BCUT2D eigenvalue weighted by Gasteiger charge is -2.22. The highest BCUT2D eigenvalue weighted by atomic mass is 16.5. The number of para-hydroxylation sites is 1. The molecule has 1 aliphatic rings. The van der Waals surface area contributed by atoms with Gasteiger partial charge in [0, 0.05) is 13.0 Å². The Balaban J connectivity index is 1.70. The Hall–Kier alpha value is -1.55. The number of benzene rings is 1. The van der Waals surface area contributed by atoms with Crippen LogP contribution in [0.25, 0.3) is 0 Å². The highest BCUT2D eigenvalue weighted by Crippen LogP contribution is 2.17. The van der Waals surface area contributed by atoms with Crippen molar-refractivity contribution in [3.05, 3.63) is 29.8 Å². The average molecular weight is 276 g/mol. The van der Waals surface area contributed by atoms with E-state index in [-0.39, 0.29) is 5.91 Å². The Bertz CT molecular complexity index is 428. The van der Waals surface area contributed by atoms with Crippen LogP contribution in [0.2, 0.25) is 0 Å². The Kier molecular flexibility index (Phi) is 5.87. The Morgan fingerprint density at radius 1 is 1.45 bits per heavy atom. The van der Waals surface area contributed by atoms with Gasteiger partial charge in [0.25, 0.3) is 0 Å². The molecule has 4 heteroatoms. The maximum atomic E-state index is 11.9. The molecule has 1 heterocycles. The van der Waals surface area contributed by atoms with Crippen molar-refractivity contribution in [1.29, 1.82) is 0 Å². The molecule has 0 aromatic heterocycles. The van der Waals surface area contributed by atoms with Gasteiger partial charge >= 0.3 is 0 Å². The van der Waals surface area contributed by atoms with E-state index >= 15 is 0 Å². The maximum absolute atomic E-state index is 11.9. The molecule has 1 aromatic rings. The highest BCUT2D eigenvalue weighted by molar-refractivity contribution is 5.76. The van der Waals surface area contributed by atoms with Crippen molar-refractivity contribution in [3.8, 4) is 5.75 Å². The van der Waals surface area contributed by atoms with Crippen LogP contribution in [0.15, 0.2) is 24.3 Å². The number of nitrogens with one attached hydrogen (secondary N) is 2. The number of rotatable bonds is 6. The van der Waals surface area contributed by atoms with Gasteiger partial charge in [0.15, 0.2) is 0 Å². The fourth-order valence-electron chi connectivity index (χ4n) is 2.68. The van der Waals surface area contributed by atoms with Crippen LogP contribution in [0.1, 0.15) is 24.8 Å². The summed E-state index contributed by atoms with van der Waals surface area (Å²) >= 11 is 0. The molecule has 4 nitrogen and oxygen atoms in total. The first-order valence-electron chi connectivity index (χ1n) is 7.39. The van der Waals surface area contributed by atoms with Gasteiger partial charge in [-0.25, -0.2) is 0 Å². The van der Waals surface area contributed by atoms with E-state index in [0.717, 1.165) is 37.2 Å². The summed E-state index contributed by atoms with van der Waals surface area (Å²) in [6.07, 6.45) is 3.78. The van der Waals surface area contributed by atoms with Crippen LogP contribution in [0.4, 0.5) is 0 Å². The molecule has 1 fully saturated rings. The van der Waals surface area contributed by atoms with E-state index < -0.39 is 0 Å². The summed E-state index contributed by atoms with van der Waals surface area (Å²) < 4.78 is 5.30. The molecule has 0 spiro atoms. The van der Waals surface area contributed by atoms with Crippen LogP contribution >= 0.6 is 0 Å². The first kappa shape index (κ1) is 14.9. The molecular weight excluding hydrogens is 252 g/mol. The number of carbonyl (C=O) groups excluding carboxylic acids is 1. The summed E-state index contributed by atoms with van der Waals surface area (Å²) in [4.78, 5) is 11.9. The molecule has 0 radical (unpaired) electrons. The number of carbonyl (C=O) groups is 1. The van der Waals surface area contributed by atoms with Crippen LogP contribution in [-0.4, -0.2) is 32.7 Å². The number of methoxy groups -OCH3 is 1. The van der Waals surface area contributed by atoms with Gasteiger partial charge < -0.3 is 15.4 Å². The number of hydrogen-bond acceptors (Lipinski definition) is 3. The van der Waals surface area contributed by atoms with Gasteiger partial charge in [0.05, 0.1) is 7.11 Å². The van der Waals surface area contributed by atoms with E-state index in [0.29, 0.717) is 18.9 Å². The van der Waals surface area contributed by atoms with Gasteiger partial charge in [0.2, 0.25) is 5.91 Å². The predicted octanol–water partition coefficient (Wildman–Crippen LogP) is 1.74. The lowest BCUT2D eigenvalue weighted by molar-refractivity contribution is -0.122. The van der Waals surface area contributed by atoms with Crippen LogP contribution in [0.3, 0.4) is 0 Å². The standard InChI is InChI=1S/C16H24N2O2/c1-20-15-7-3-2-6-14(15)8-10-18-16(19)11-13-5-4-9-17-12-13/h2-3,6-7,13,17H,4-5,8-12H2,1H3,(H,18,19). The largest absolute Gasteiger partial charge is 0.496 e. The molecule has 0 saturated carbocycles. The quantitative estimate of drug-likeness (QED) is 0.832. The van der Waals surface area contributed by atoms with Crippen molar-refractivity contribution >= 4 is 5.91 Å². The first-order valence-corrected chi connectivity index (χ1v) is 7.39. The zero-order valence-corrected chi connectivity index (χ0v) is 12.2. The van der Waals surface area contributed by atoms with Gasteiger partial charge in [0.1, 0.15) is 5.75 Å². The lowest BCUT2D eigenvalue weighted by Crippen LogP contribution is -2.34. The van der Waals surface area contributed by atoms with E-state index in [1.165, 1.54) is 6.42 Å². The van der Waals surface area contributed by atoms with Crippen LogP contribution < -0.4 is 15.4 Å². The molecular formula is C16H24N2O2. The molecule has 1 unspecified atom stereocenters. The van der Waals surface area contributed by atoms with E-state index in [9.17, 15) is 4.79 Å². The SMILES string of the molecule is COc1ccccc1CCNC(=O)CC1CCCNC1. The Morgan fingerprint density at radius 3 is 3.05 bits per heavy atom. The molecule has 1 atom stereocenters. The van der Waals surface area contributed by atoms with E-state index in [2.05, 4.69) is 10.6 Å². The molecule has 1 saturated heterocycles. The second-order valence-corrected chi connectivity index (χ2v) is 5.33. The fourth-order valence-corrected chi connectivity index (χ4v) is 2.68. The molecule has 1 amide bonds. The van der Waals surface area contributed by atoms with Crippen molar-refractivity contribution in [2.24, 2.45) is 5.92 Å². The third-order valence-electron chi connectivity index (χ3n) is 3.78. The van der Waals surface area contributed by atoms with Crippen LogP contribution in [-0.2, 0) is 11.2 Å². The van der Waals surface area contributed by atoms with Gasteiger partial charge in [-0.1, -0.05) is 18.2 Å².